The maximum atomic E-state index is 12.0. The van der Waals surface area contributed by atoms with E-state index in [4.69, 9.17) is 10.6 Å². The molecule has 0 radical (unpaired) electrons. The molecule has 0 bridgehead atoms. The second kappa shape index (κ2) is 8.05. The second-order valence-electron chi connectivity index (χ2n) is 3.97. The average Bonchev–Trinajstić information content (AvgIpc) is 2.42. The molecule has 0 aliphatic heterocycles. The number of aromatic nitrogens is 1. The third kappa shape index (κ3) is 5.11. The van der Waals surface area contributed by atoms with Crippen LogP contribution in [0.5, 0.6) is 0 Å². The van der Waals surface area contributed by atoms with Crippen molar-refractivity contribution in [2.45, 2.75) is 24.2 Å². The fourth-order valence-corrected chi connectivity index (χ4v) is 2.73. The van der Waals surface area contributed by atoms with E-state index in [-0.39, 0.29) is 4.90 Å². The molecule has 1 rings (SSSR count). The molecule has 0 spiro atoms. The highest BCUT2D eigenvalue weighted by Crippen LogP contribution is 2.17. The maximum Gasteiger partial charge on any atom is 0.244 e. The van der Waals surface area contributed by atoms with Crippen molar-refractivity contribution in [1.29, 1.82) is 0 Å². The Balaban J connectivity index is 2.52. The molecule has 0 fully saturated rings. The predicted molar refractivity (Wildman–Crippen MR) is 73.0 cm³/mol. The van der Waals surface area contributed by atoms with Crippen molar-refractivity contribution in [3.8, 4) is 0 Å². The number of rotatable bonds is 9. The third-order valence-corrected chi connectivity index (χ3v) is 4.04. The summed E-state index contributed by atoms with van der Waals surface area (Å²) in [5.41, 5.74) is 2.67. The van der Waals surface area contributed by atoms with Crippen LogP contribution in [0, 0.1) is 0 Å². The van der Waals surface area contributed by atoms with Crippen LogP contribution < -0.4 is 16.0 Å². The van der Waals surface area contributed by atoms with Crippen LogP contribution in [-0.2, 0) is 14.8 Å². The van der Waals surface area contributed by atoms with Crippen LogP contribution in [0.3, 0.4) is 0 Å². The largest absolute Gasteiger partial charge is 0.385 e. The summed E-state index contributed by atoms with van der Waals surface area (Å²) in [6.07, 6.45) is 5.32. The van der Waals surface area contributed by atoms with Gasteiger partial charge < -0.3 is 10.2 Å². The molecule has 0 aromatic carbocycles. The number of hydrogen-bond acceptors (Lipinski definition) is 6. The summed E-state index contributed by atoms with van der Waals surface area (Å²) in [5, 5.41) is 0. The van der Waals surface area contributed by atoms with Crippen LogP contribution in [-0.4, -0.2) is 33.7 Å². The zero-order chi connectivity index (χ0) is 14.1. The van der Waals surface area contributed by atoms with E-state index in [9.17, 15) is 8.42 Å². The number of pyridine rings is 1. The lowest BCUT2D eigenvalue weighted by molar-refractivity contribution is 0.192. The van der Waals surface area contributed by atoms with Gasteiger partial charge in [0.1, 0.15) is 4.90 Å². The average molecular weight is 288 g/mol. The van der Waals surface area contributed by atoms with Crippen molar-refractivity contribution in [3.05, 3.63) is 18.5 Å². The molecule has 1 aromatic rings. The minimum atomic E-state index is -3.58. The molecule has 0 unspecified atom stereocenters. The summed E-state index contributed by atoms with van der Waals surface area (Å²) >= 11 is 0. The van der Waals surface area contributed by atoms with Gasteiger partial charge in [0.05, 0.1) is 5.69 Å². The van der Waals surface area contributed by atoms with Crippen LogP contribution in [0.25, 0.3) is 0 Å². The molecule has 7 nitrogen and oxygen atoms in total. The van der Waals surface area contributed by atoms with Gasteiger partial charge in [0.15, 0.2) is 0 Å². The van der Waals surface area contributed by atoms with Crippen LogP contribution in [0.4, 0.5) is 5.69 Å². The Kier molecular flexibility index (Phi) is 6.71. The lowest BCUT2D eigenvalue weighted by Crippen LogP contribution is -2.26. The van der Waals surface area contributed by atoms with E-state index in [0.29, 0.717) is 18.8 Å². The van der Waals surface area contributed by atoms with Gasteiger partial charge in [-0.3, -0.25) is 10.8 Å². The molecule has 4 N–H and O–H groups in total. The molecular formula is C11H20N4O3S. The Labute approximate surface area is 113 Å². The molecule has 0 aliphatic rings. The van der Waals surface area contributed by atoms with Crippen molar-refractivity contribution in [3.63, 3.8) is 0 Å². The topological polar surface area (TPSA) is 106 Å². The van der Waals surface area contributed by atoms with Gasteiger partial charge in [-0.2, -0.15) is 0 Å². The van der Waals surface area contributed by atoms with Crippen molar-refractivity contribution < 1.29 is 13.2 Å². The fourth-order valence-electron chi connectivity index (χ4n) is 1.55. The van der Waals surface area contributed by atoms with Gasteiger partial charge in [-0.05, 0) is 25.3 Å². The first kappa shape index (κ1) is 15.8. The number of methoxy groups -OCH3 is 1. The highest BCUT2D eigenvalue weighted by Gasteiger charge is 2.17. The van der Waals surface area contributed by atoms with Gasteiger partial charge in [-0.1, -0.05) is 0 Å². The van der Waals surface area contributed by atoms with Crippen LogP contribution in [0.1, 0.15) is 19.3 Å². The number of hydrogen-bond donors (Lipinski definition) is 3. The molecule has 0 atom stereocenters. The summed E-state index contributed by atoms with van der Waals surface area (Å²) in [4.78, 5) is 3.85. The highest BCUT2D eigenvalue weighted by molar-refractivity contribution is 7.89. The number of nitrogens with one attached hydrogen (secondary N) is 2. The van der Waals surface area contributed by atoms with Crippen molar-refractivity contribution in [2.24, 2.45) is 5.84 Å². The summed E-state index contributed by atoms with van der Waals surface area (Å²) in [6.45, 7) is 1.07. The van der Waals surface area contributed by atoms with Crippen molar-refractivity contribution in [1.82, 2.24) is 9.71 Å². The van der Waals surface area contributed by atoms with Gasteiger partial charge in [-0.25, -0.2) is 13.1 Å². The number of sulfonamides is 1. The first-order valence-electron chi connectivity index (χ1n) is 6.01. The van der Waals surface area contributed by atoms with Crippen molar-refractivity contribution in [2.75, 3.05) is 25.7 Å². The lowest BCUT2D eigenvalue weighted by Gasteiger charge is -2.10. The molecule has 0 amide bonds. The smallest absolute Gasteiger partial charge is 0.244 e. The Morgan fingerprint density at radius 3 is 2.84 bits per heavy atom. The summed E-state index contributed by atoms with van der Waals surface area (Å²) in [5.74, 6) is 5.27. The zero-order valence-corrected chi connectivity index (χ0v) is 11.7. The first-order chi connectivity index (χ1) is 9.11. The molecule has 0 aliphatic carbocycles. The normalized spacial score (nSPS) is 11.5. The minimum Gasteiger partial charge on any atom is -0.385 e. The monoisotopic (exact) mass is 288 g/mol. The number of nitrogens with zero attached hydrogens (tertiary/aromatic N) is 1. The number of hydrazine groups is 1. The van der Waals surface area contributed by atoms with E-state index >= 15 is 0 Å². The van der Waals surface area contributed by atoms with Gasteiger partial charge >= 0.3 is 0 Å². The third-order valence-electron chi connectivity index (χ3n) is 2.55. The van der Waals surface area contributed by atoms with Crippen LogP contribution in [0.15, 0.2) is 23.4 Å². The minimum absolute atomic E-state index is 0.0504. The predicted octanol–water partition coefficient (Wildman–Crippen LogP) is 0.462. The fraction of sp³-hybridized carbons (Fsp3) is 0.545. The molecule has 1 heterocycles. The highest BCUT2D eigenvalue weighted by atomic mass is 32.2. The molecule has 108 valence electrons. The number of nitrogens with two attached hydrogens (primary N) is 1. The summed E-state index contributed by atoms with van der Waals surface area (Å²) in [6, 6.07) is 1.51. The quantitative estimate of drug-likeness (QED) is 0.346. The van der Waals surface area contributed by atoms with E-state index in [1.165, 1.54) is 18.5 Å². The standard InChI is InChI=1S/C11H20N4O3S/c1-18-8-4-2-3-6-14-19(16,17)11-9-13-7-5-10(11)15-12/h5,7,9,14H,2-4,6,8,12H2,1H3,(H,13,15). The van der Waals surface area contributed by atoms with E-state index in [1.54, 1.807) is 7.11 Å². The van der Waals surface area contributed by atoms with E-state index in [0.717, 1.165) is 19.3 Å². The zero-order valence-electron chi connectivity index (χ0n) is 10.9. The number of unbranched alkanes of at least 4 members (excludes halogenated alkanes) is 2. The maximum absolute atomic E-state index is 12.0. The number of anilines is 1. The molecule has 1 aromatic heterocycles. The van der Waals surface area contributed by atoms with Crippen molar-refractivity contribution >= 4 is 15.7 Å². The summed E-state index contributed by atoms with van der Waals surface area (Å²) in [7, 11) is -1.94. The SMILES string of the molecule is COCCCCCNS(=O)(=O)c1cnccc1NN. The van der Waals surface area contributed by atoms with E-state index in [2.05, 4.69) is 15.1 Å². The van der Waals surface area contributed by atoms with Crippen LogP contribution >= 0.6 is 0 Å². The Morgan fingerprint density at radius 2 is 2.16 bits per heavy atom. The van der Waals surface area contributed by atoms with Gasteiger partial charge in [0.25, 0.3) is 0 Å². The molecule has 8 heteroatoms. The lowest BCUT2D eigenvalue weighted by atomic mass is 10.2. The number of nitrogen functional groups attached to an aromatic ring is 1. The Bertz CT molecular complexity index is 479. The Morgan fingerprint density at radius 1 is 1.37 bits per heavy atom. The molecule has 0 saturated heterocycles. The number of ether oxygens (including phenoxy) is 1. The van der Waals surface area contributed by atoms with E-state index in [1.807, 2.05) is 0 Å². The second-order valence-corrected chi connectivity index (χ2v) is 5.70. The van der Waals surface area contributed by atoms with Crippen LogP contribution in [0.2, 0.25) is 0 Å². The molecule has 0 saturated carbocycles. The van der Waals surface area contributed by atoms with E-state index < -0.39 is 10.0 Å². The first-order valence-corrected chi connectivity index (χ1v) is 7.49. The van der Waals surface area contributed by atoms with Gasteiger partial charge in [0.2, 0.25) is 10.0 Å². The van der Waals surface area contributed by atoms with Gasteiger partial charge in [-0.15, -0.1) is 0 Å². The molecular weight excluding hydrogens is 268 g/mol. The van der Waals surface area contributed by atoms with Gasteiger partial charge in [0, 0.05) is 32.7 Å². The summed E-state index contributed by atoms with van der Waals surface area (Å²) < 4.78 is 31.5. The molecule has 19 heavy (non-hydrogen) atoms. The Hall–Kier alpha value is -1.22.